The summed E-state index contributed by atoms with van der Waals surface area (Å²) in [6.07, 6.45) is 2.84. The van der Waals surface area contributed by atoms with Gasteiger partial charge in [0.15, 0.2) is 12.4 Å². The van der Waals surface area contributed by atoms with Gasteiger partial charge in [0.1, 0.15) is 11.5 Å². The SMILES string of the molecule is CCOc1ccccc1/C=C/C(=O)OCC(=O)c1ccc(OC)c(Cl)c1. The lowest BCUT2D eigenvalue weighted by Crippen LogP contribution is -2.12. The van der Waals surface area contributed by atoms with Crippen LogP contribution in [-0.4, -0.2) is 32.1 Å². The Bertz CT molecular complexity index is 814. The van der Waals surface area contributed by atoms with E-state index in [1.165, 1.54) is 19.3 Å². The number of para-hydroxylation sites is 1. The van der Waals surface area contributed by atoms with Crippen LogP contribution >= 0.6 is 11.6 Å². The molecular weight excluding hydrogens is 356 g/mol. The number of halogens is 1. The summed E-state index contributed by atoms with van der Waals surface area (Å²) < 4.78 is 15.5. The zero-order chi connectivity index (χ0) is 18.9. The molecule has 0 aliphatic rings. The van der Waals surface area contributed by atoms with E-state index < -0.39 is 5.97 Å². The van der Waals surface area contributed by atoms with Crippen LogP contribution in [0.15, 0.2) is 48.5 Å². The summed E-state index contributed by atoms with van der Waals surface area (Å²) in [5.74, 6) is 0.161. The number of rotatable bonds is 8. The molecule has 0 bridgehead atoms. The Balaban J connectivity index is 1.94. The first kappa shape index (κ1) is 19.5. The fourth-order valence-electron chi connectivity index (χ4n) is 2.17. The molecule has 0 aliphatic heterocycles. The van der Waals surface area contributed by atoms with E-state index in [-0.39, 0.29) is 12.4 Å². The zero-order valence-corrected chi connectivity index (χ0v) is 15.3. The molecule has 0 fully saturated rings. The molecule has 6 heteroatoms. The van der Waals surface area contributed by atoms with Crippen molar-refractivity contribution in [2.24, 2.45) is 0 Å². The van der Waals surface area contributed by atoms with Crippen LogP contribution in [-0.2, 0) is 9.53 Å². The molecule has 2 aromatic rings. The van der Waals surface area contributed by atoms with Crippen LogP contribution < -0.4 is 9.47 Å². The van der Waals surface area contributed by atoms with Crippen molar-refractivity contribution in [1.29, 1.82) is 0 Å². The molecule has 0 radical (unpaired) electrons. The maximum atomic E-state index is 12.1. The van der Waals surface area contributed by atoms with Crippen molar-refractivity contribution in [3.8, 4) is 11.5 Å². The van der Waals surface area contributed by atoms with Crippen molar-refractivity contribution in [2.75, 3.05) is 20.3 Å². The van der Waals surface area contributed by atoms with E-state index in [9.17, 15) is 9.59 Å². The van der Waals surface area contributed by atoms with Crippen LogP contribution in [0.2, 0.25) is 5.02 Å². The lowest BCUT2D eigenvalue weighted by molar-refractivity contribution is -0.136. The van der Waals surface area contributed by atoms with Gasteiger partial charge in [-0.1, -0.05) is 29.8 Å². The van der Waals surface area contributed by atoms with E-state index in [0.717, 1.165) is 5.56 Å². The van der Waals surface area contributed by atoms with Crippen LogP contribution in [0.5, 0.6) is 11.5 Å². The second kappa shape index (κ2) is 9.63. The second-order valence-corrected chi connectivity index (χ2v) is 5.59. The van der Waals surface area contributed by atoms with E-state index in [1.54, 1.807) is 18.2 Å². The molecule has 5 nitrogen and oxygen atoms in total. The molecule has 0 saturated carbocycles. The number of carbonyl (C=O) groups excluding carboxylic acids is 2. The molecule has 0 aromatic heterocycles. The Hall–Kier alpha value is -2.79. The fraction of sp³-hybridized carbons (Fsp3) is 0.200. The second-order valence-electron chi connectivity index (χ2n) is 5.18. The standard InChI is InChI=1S/C20H19ClO5/c1-3-25-18-7-5-4-6-14(18)9-11-20(23)26-13-17(22)15-8-10-19(24-2)16(21)12-15/h4-12H,3,13H2,1-2H3/b11-9+. The normalized spacial score (nSPS) is 10.6. The van der Waals surface area contributed by atoms with Crippen LogP contribution in [0.25, 0.3) is 6.08 Å². The number of ketones is 1. The van der Waals surface area contributed by atoms with E-state index in [1.807, 2.05) is 31.2 Å². The quantitative estimate of drug-likeness (QED) is 0.394. The summed E-state index contributed by atoms with van der Waals surface area (Å²) in [6.45, 7) is 2.03. The third kappa shape index (κ3) is 5.36. The van der Waals surface area contributed by atoms with Crippen molar-refractivity contribution in [3.63, 3.8) is 0 Å². The molecule has 0 atom stereocenters. The third-order valence-corrected chi connectivity index (χ3v) is 3.73. The van der Waals surface area contributed by atoms with E-state index in [0.29, 0.717) is 28.7 Å². The van der Waals surface area contributed by atoms with Crippen molar-refractivity contribution < 1.29 is 23.8 Å². The van der Waals surface area contributed by atoms with Gasteiger partial charge < -0.3 is 14.2 Å². The highest BCUT2D eigenvalue weighted by Crippen LogP contribution is 2.25. The first-order chi connectivity index (χ1) is 12.5. The largest absolute Gasteiger partial charge is 0.495 e. The van der Waals surface area contributed by atoms with E-state index in [4.69, 9.17) is 25.8 Å². The fourth-order valence-corrected chi connectivity index (χ4v) is 2.43. The maximum absolute atomic E-state index is 12.1. The number of hydrogen-bond donors (Lipinski definition) is 0. The molecule has 0 saturated heterocycles. The summed E-state index contributed by atoms with van der Waals surface area (Å²) in [4.78, 5) is 23.9. The molecule has 0 unspecified atom stereocenters. The third-order valence-electron chi connectivity index (χ3n) is 3.44. The Morgan fingerprint density at radius 1 is 1.12 bits per heavy atom. The van der Waals surface area contributed by atoms with Crippen molar-refractivity contribution in [1.82, 2.24) is 0 Å². The van der Waals surface area contributed by atoms with Crippen molar-refractivity contribution in [3.05, 3.63) is 64.7 Å². The Morgan fingerprint density at radius 2 is 1.88 bits per heavy atom. The number of benzene rings is 2. The predicted molar refractivity (Wildman–Crippen MR) is 99.9 cm³/mol. The molecule has 0 aliphatic carbocycles. The summed E-state index contributed by atoms with van der Waals surface area (Å²) in [6, 6.07) is 11.9. The van der Waals surface area contributed by atoms with Gasteiger partial charge in [-0.05, 0) is 37.3 Å². The minimum atomic E-state index is -0.621. The number of esters is 1. The van der Waals surface area contributed by atoms with Crippen LogP contribution in [0, 0.1) is 0 Å². The number of hydrogen-bond acceptors (Lipinski definition) is 5. The van der Waals surface area contributed by atoms with Gasteiger partial charge in [0.05, 0.1) is 18.7 Å². The average molecular weight is 375 g/mol. The molecule has 136 valence electrons. The van der Waals surface area contributed by atoms with Gasteiger partial charge >= 0.3 is 5.97 Å². The molecule has 0 spiro atoms. The molecule has 0 N–H and O–H groups in total. The van der Waals surface area contributed by atoms with E-state index in [2.05, 4.69) is 0 Å². The van der Waals surface area contributed by atoms with Gasteiger partial charge in [0, 0.05) is 17.2 Å². The van der Waals surface area contributed by atoms with Crippen molar-refractivity contribution in [2.45, 2.75) is 6.92 Å². The highest BCUT2D eigenvalue weighted by molar-refractivity contribution is 6.32. The van der Waals surface area contributed by atoms with Crippen LogP contribution in [0.1, 0.15) is 22.8 Å². The molecule has 2 aromatic carbocycles. The molecule has 0 heterocycles. The molecule has 26 heavy (non-hydrogen) atoms. The van der Waals surface area contributed by atoms with Gasteiger partial charge in [-0.25, -0.2) is 4.79 Å². The molecule has 0 amide bonds. The average Bonchev–Trinajstić information content (AvgIpc) is 2.65. The van der Waals surface area contributed by atoms with Gasteiger partial charge in [-0.15, -0.1) is 0 Å². The minimum absolute atomic E-state index is 0.317. The Labute approximate surface area is 157 Å². The van der Waals surface area contributed by atoms with Gasteiger partial charge in [-0.2, -0.15) is 0 Å². The Kier molecular flexibility index (Phi) is 7.24. The first-order valence-corrected chi connectivity index (χ1v) is 8.36. The highest BCUT2D eigenvalue weighted by atomic mass is 35.5. The van der Waals surface area contributed by atoms with Gasteiger partial charge in [-0.3, -0.25) is 4.79 Å². The van der Waals surface area contributed by atoms with E-state index >= 15 is 0 Å². The lowest BCUT2D eigenvalue weighted by atomic mass is 10.1. The zero-order valence-electron chi connectivity index (χ0n) is 14.5. The number of ether oxygens (including phenoxy) is 3. The monoisotopic (exact) mass is 374 g/mol. The number of Topliss-reactive ketones (excluding diaryl/α,β-unsaturated/α-hetero) is 1. The maximum Gasteiger partial charge on any atom is 0.331 e. The summed E-state index contributed by atoms with van der Waals surface area (Å²) >= 11 is 5.99. The van der Waals surface area contributed by atoms with Crippen LogP contribution in [0.4, 0.5) is 0 Å². The predicted octanol–water partition coefficient (Wildman–Crippen LogP) is 4.19. The molecule has 2 rings (SSSR count). The highest BCUT2D eigenvalue weighted by Gasteiger charge is 2.11. The smallest absolute Gasteiger partial charge is 0.331 e. The lowest BCUT2D eigenvalue weighted by Gasteiger charge is -2.07. The van der Waals surface area contributed by atoms with Crippen molar-refractivity contribution >= 4 is 29.4 Å². The Morgan fingerprint density at radius 3 is 2.58 bits per heavy atom. The summed E-state index contributed by atoms with van der Waals surface area (Å²) in [5, 5.41) is 0.317. The summed E-state index contributed by atoms with van der Waals surface area (Å²) in [7, 11) is 1.49. The minimum Gasteiger partial charge on any atom is -0.495 e. The van der Waals surface area contributed by atoms with Gasteiger partial charge in [0.25, 0.3) is 0 Å². The topological polar surface area (TPSA) is 61.8 Å². The summed E-state index contributed by atoms with van der Waals surface area (Å²) in [5.41, 5.74) is 1.09. The number of carbonyl (C=O) groups is 2. The van der Waals surface area contributed by atoms with Crippen LogP contribution in [0.3, 0.4) is 0 Å². The first-order valence-electron chi connectivity index (χ1n) is 7.98. The molecular formula is C20H19ClO5. The number of methoxy groups -OCH3 is 1. The van der Waals surface area contributed by atoms with Gasteiger partial charge in [0.2, 0.25) is 0 Å².